The molecule has 0 amide bonds. The number of benzene rings is 1. The number of carboxylic acids is 1. The summed E-state index contributed by atoms with van der Waals surface area (Å²) in [4.78, 5) is 11.4. The largest absolute Gasteiger partial charge is 0.481 e. The molecule has 0 bridgehead atoms. The maximum Gasteiger partial charge on any atom is 0.311 e. The fraction of sp³-hybridized carbons (Fsp3) is 0.500. The summed E-state index contributed by atoms with van der Waals surface area (Å²) in [5.41, 5.74) is 3.67. The first-order chi connectivity index (χ1) is 8.76. The van der Waals surface area contributed by atoms with Gasteiger partial charge in [0.1, 0.15) is 0 Å². The van der Waals surface area contributed by atoms with E-state index >= 15 is 0 Å². The highest BCUT2D eigenvalue weighted by molar-refractivity contribution is 5.75. The van der Waals surface area contributed by atoms with Gasteiger partial charge in [0.15, 0.2) is 0 Å². The van der Waals surface area contributed by atoms with E-state index in [2.05, 4.69) is 0 Å². The van der Waals surface area contributed by atoms with Gasteiger partial charge in [-0.15, -0.1) is 0 Å². The topological polar surface area (TPSA) is 63.3 Å². The van der Waals surface area contributed by atoms with E-state index in [4.69, 9.17) is 5.73 Å². The van der Waals surface area contributed by atoms with Gasteiger partial charge in [0.05, 0.1) is 5.41 Å². The Balaban J connectivity index is 3.12. The number of hydrogen-bond acceptors (Lipinski definition) is 2. The highest BCUT2D eigenvalue weighted by atomic mass is 19.3. The van der Waals surface area contributed by atoms with E-state index in [1.807, 2.05) is 0 Å². The highest BCUT2D eigenvalue weighted by Gasteiger charge is 2.49. The van der Waals surface area contributed by atoms with Gasteiger partial charge < -0.3 is 10.8 Å². The predicted molar refractivity (Wildman–Crippen MR) is 68.9 cm³/mol. The van der Waals surface area contributed by atoms with Gasteiger partial charge in [-0.1, -0.05) is 44.2 Å². The molecule has 3 N–H and O–H groups in total. The molecule has 1 aromatic rings. The Morgan fingerprint density at radius 3 is 2.21 bits per heavy atom. The normalized spacial score (nSPS) is 15.3. The van der Waals surface area contributed by atoms with E-state index in [-0.39, 0.29) is 12.1 Å². The third kappa shape index (κ3) is 3.10. The van der Waals surface area contributed by atoms with Crippen LogP contribution in [0.5, 0.6) is 0 Å². The van der Waals surface area contributed by atoms with Crippen LogP contribution in [0.25, 0.3) is 0 Å². The third-order valence-electron chi connectivity index (χ3n) is 3.63. The number of halogens is 2. The van der Waals surface area contributed by atoms with E-state index in [0.29, 0.717) is 0 Å². The summed E-state index contributed by atoms with van der Waals surface area (Å²) in [5, 5.41) is 9.29. The van der Waals surface area contributed by atoms with Gasteiger partial charge in [0.25, 0.3) is 5.92 Å². The Bertz CT molecular complexity index is 434. The minimum Gasteiger partial charge on any atom is -0.481 e. The Morgan fingerprint density at radius 1 is 1.32 bits per heavy atom. The summed E-state index contributed by atoms with van der Waals surface area (Å²) < 4.78 is 28.5. The van der Waals surface area contributed by atoms with Crippen LogP contribution < -0.4 is 5.73 Å². The molecule has 0 aliphatic carbocycles. The minimum atomic E-state index is -3.22. The number of nitrogens with two attached hydrogens (primary N) is 1. The maximum absolute atomic E-state index is 14.2. The van der Waals surface area contributed by atoms with Crippen molar-refractivity contribution in [1.82, 2.24) is 0 Å². The maximum atomic E-state index is 14.2. The highest BCUT2D eigenvalue weighted by Crippen LogP contribution is 2.43. The molecular formula is C14H19F2NO2. The zero-order chi connectivity index (χ0) is 14.7. The first-order valence-corrected chi connectivity index (χ1v) is 6.13. The van der Waals surface area contributed by atoms with Crippen molar-refractivity contribution in [3.63, 3.8) is 0 Å². The van der Waals surface area contributed by atoms with Crippen LogP contribution in [0.4, 0.5) is 8.78 Å². The van der Waals surface area contributed by atoms with E-state index in [1.54, 1.807) is 19.9 Å². The molecule has 0 spiro atoms. The van der Waals surface area contributed by atoms with E-state index in [1.165, 1.54) is 24.3 Å². The van der Waals surface area contributed by atoms with Gasteiger partial charge in [-0.25, -0.2) is 8.78 Å². The van der Waals surface area contributed by atoms with Crippen LogP contribution in [0.2, 0.25) is 0 Å². The van der Waals surface area contributed by atoms with Gasteiger partial charge >= 0.3 is 5.97 Å². The molecule has 0 fully saturated rings. The van der Waals surface area contributed by atoms with Crippen LogP contribution in [0.1, 0.15) is 25.8 Å². The SMILES string of the molecule is CC(C)C(CN)(CC(F)(F)c1ccccc1)C(=O)O. The second-order valence-electron chi connectivity index (χ2n) is 5.07. The summed E-state index contributed by atoms with van der Waals surface area (Å²) in [6.45, 7) is 2.88. The Hall–Kier alpha value is -1.49. The van der Waals surface area contributed by atoms with Crippen molar-refractivity contribution in [2.24, 2.45) is 17.1 Å². The lowest BCUT2D eigenvalue weighted by molar-refractivity contribution is -0.159. The van der Waals surface area contributed by atoms with Gasteiger partial charge in [0.2, 0.25) is 0 Å². The van der Waals surface area contributed by atoms with Crippen molar-refractivity contribution in [3.8, 4) is 0 Å². The van der Waals surface area contributed by atoms with Crippen molar-refractivity contribution in [2.45, 2.75) is 26.2 Å². The second-order valence-corrected chi connectivity index (χ2v) is 5.07. The fourth-order valence-corrected chi connectivity index (χ4v) is 2.10. The number of alkyl halides is 2. The van der Waals surface area contributed by atoms with Gasteiger partial charge in [-0.2, -0.15) is 0 Å². The molecule has 0 heterocycles. The van der Waals surface area contributed by atoms with Crippen molar-refractivity contribution >= 4 is 5.97 Å². The zero-order valence-electron chi connectivity index (χ0n) is 11.1. The molecule has 5 heteroatoms. The van der Waals surface area contributed by atoms with Crippen molar-refractivity contribution in [1.29, 1.82) is 0 Å². The van der Waals surface area contributed by atoms with Crippen LogP contribution in [0.15, 0.2) is 30.3 Å². The number of rotatable bonds is 6. The molecule has 106 valence electrons. The third-order valence-corrected chi connectivity index (χ3v) is 3.63. The molecule has 1 aromatic carbocycles. The van der Waals surface area contributed by atoms with E-state index < -0.39 is 29.6 Å². The van der Waals surface area contributed by atoms with E-state index in [0.717, 1.165) is 0 Å². The minimum absolute atomic E-state index is 0.185. The Labute approximate surface area is 111 Å². The van der Waals surface area contributed by atoms with Crippen LogP contribution >= 0.6 is 0 Å². The molecular weight excluding hydrogens is 252 g/mol. The molecule has 0 aromatic heterocycles. The van der Waals surface area contributed by atoms with Crippen LogP contribution in [-0.4, -0.2) is 17.6 Å². The van der Waals surface area contributed by atoms with Gasteiger partial charge in [-0.05, 0) is 5.92 Å². The van der Waals surface area contributed by atoms with Crippen LogP contribution in [0, 0.1) is 11.3 Å². The molecule has 0 saturated heterocycles. The molecule has 0 aliphatic rings. The lowest BCUT2D eigenvalue weighted by Crippen LogP contribution is -2.46. The standard InChI is InChI=1S/C14H19F2NO2/c1-10(2)13(9-17,12(18)19)8-14(15,16)11-6-4-3-5-7-11/h3-7,10H,8-9,17H2,1-2H3,(H,18,19). The number of aliphatic carboxylic acids is 1. The predicted octanol–water partition coefficient (Wildman–Crippen LogP) is 2.85. The van der Waals surface area contributed by atoms with Crippen molar-refractivity contribution < 1.29 is 18.7 Å². The molecule has 0 aliphatic heterocycles. The lowest BCUT2D eigenvalue weighted by Gasteiger charge is -2.35. The van der Waals surface area contributed by atoms with E-state index in [9.17, 15) is 18.7 Å². The van der Waals surface area contributed by atoms with Crippen molar-refractivity contribution in [2.75, 3.05) is 6.54 Å². The molecule has 1 rings (SSSR count). The summed E-state index contributed by atoms with van der Waals surface area (Å²) in [6, 6.07) is 7.23. The first kappa shape index (κ1) is 15.6. The van der Waals surface area contributed by atoms with Crippen LogP contribution in [0.3, 0.4) is 0 Å². The summed E-state index contributed by atoms with van der Waals surface area (Å²) in [7, 11) is 0. The Morgan fingerprint density at radius 2 is 1.84 bits per heavy atom. The lowest BCUT2D eigenvalue weighted by atomic mass is 9.72. The summed E-state index contributed by atoms with van der Waals surface area (Å²) in [6.07, 6.45) is -0.798. The molecule has 1 unspecified atom stereocenters. The molecule has 19 heavy (non-hydrogen) atoms. The van der Waals surface area contributed by atoms with Crippen molar-refractivity contribution in [3.05, 3.63) is 35.9 Å². The summed E-state index contributed by atoms with van der Waals surface area (Å²) >= 11 is 0. The first-order valence-electron chi connectivity index (χ1n) is 6.13. The average Bonchev–Trinajstić information content (AvgIpc) is 2.36. The zero-order valence-corrected chi connectivity index (χ0v) is 11.1. The molecule has 0 radical (unpaired) electrons. The van der Waals surface area contributed by atoms with Crippen LogP contribution in [-0.2, 0) is 10.7 Å². The smallest absolute Gasteiger partial charge is 0.311 e. The second kappa shape index (κ2) is 5.65. The number of carbonyl (C=O) groups is 1. The van der Waals surface area contributed by atoms with Gasteiger partial charge in [-0.3, -0.25) is 4.79 Å². The van der Waals surface area contributed by atoms with Gasteiger partial charge in [0, 0.05) is 18.5 Å². The number of carboxylic acid groups (broad SMARTS) is 1. The average molecular weight is 271 g/mol. The molecule has 0 saturated carbocycles. The molecule has 1 atom stereocenters. The molecule has 3 nitrogen and oxygen atoms in total. The fourth-order valence-electron chi connectivity index (χ4n) is 2.10. The summed E-state index contributed by atoms with van der Waals surface area (Å²) in [5.74, 6) is -4.98. The Kier molecular flexibility index (Phi) is 4.63. The number of hydrogen-bond donors (Lipinski definition) is 2. The monoisotopic (exact) mass is 271 g/mol. The quantitative estimate of drug-likeness (QED) is 0.836.